The van der Waals surface area contributed by atoms with E-state index in [4.69, 9.17) is 27.6 Å². The monoisotopic (exact) mass is 585 g/mol. The Labute approximate surface area is 242 Å². The quantitative estimate of drug-likeness (QED) is 0.239. The summed E-state index contributed by atoms with van der Waals surface area (Å²) in [7, 11) is 0. The van der Waals surface area contributed by atoms with Crippen LogP contribution in [0.15, 0.2) is 65.4 Å². The molecule has 3 aromatic carbocycles. The molecule has 1 unspecified atom stereocenters. The van der Waals surface area contributed by atoms with Crippen LogP contribution in [0.3, 0.4) is 0 Å². The fourth-order valence-corrected chi connectivity index (χ4v) is 6.65. The van der Waals surface area contributed by atoms with Crippen molar-refractivity contribution in [1.29, 1.82) is 0 Å². The van der Waals surface area contributed by atoms with Crippen LogP contribution < -0.4 is 10.6 Å². The highest BCUT2D eigenvalue weighted by Crippen LogP contribution is 2.55. The van der Waals surface area contributed by atoms with Gasteiger partial charge in [0.05, 0.1) is 11.1 Å². The van der Waals surface area contributed by atoms with Gasteiger partial charge in [-0.05, 0) is 65.8 Å². The van der Waals surface area contributed by atoms with Gasteiger partial charge in [0.2, 0.25) is 5.91 Å². The maximum atomic E-state index is 15.9. The third-order valence-corrected chi connectivity index (χ3v) is 8.45. The van der Waals surface area contributed by atoms with Gasteiger partial charge in [0.15, 0.2) is 12.0 Å². The molecule has 9 heteroatoms. The van der Waals surface area contributed by atoms with Crippen molar-refractivity contribution in [1.82, 2.24) is 10.3 Å². The molecule has 0 radical (unpaired) electrons. The van der Waals surface area contributed by atoms with Gasteiger partial charge in [-0.25, -0.2) is 13.8 Å². The number of halogens is 4. The Bertz CT molecular complexity index is 1570. The summed E-state index contributed by atoms with van der Waals surface area (Å²) >= 11 is 12.4. The van der Waals surface area contributed by atoms with E-state index >= 15 is 8.78 Å². The van der Waals surface area contributed by atoms with Crippen molar-refractivity contribution in [3.63, 3.8) is 0 Å². The number of nitrogens with zero attached hydrogens (tertiary/aromatic N) is 1. The molecule has 0 bridgehead atoms. The molecule has 4 atom stereocenters. The van der Waals surface area contributed by atoms with Gasteiger partial charge in [-0.2, -0.15) is 0 Å². The molecule has 1 amide bonds. The van der Waals surface area contributed by atoms with E-state index < -0.39 is 29.0 Å². The third-order valence-electron chi connectivity index (χ3n) is 7.92. The van der Waals surface area contributed by atoms with Crippen molar-refractivity contribution in [3.05, 3.63) is 93.8 Å². The van der Waals surface area contributed by atoms with E-state index in [9.17, 15) is 4.79 Å². The number of rotatable bonds is 6. The van der Waals surface area contributed by atoms with Gasteiger partial charge in [0.25, 0.3) is 0 Å². The average Bonchev–Trinajstić information content (AvgIpc) is 3.47. The first-order chi connectivity index (χ1) is 18.9. The number of oxazole rings is 1. The second kappa shape index (κ2) is 10.8. The zero-order chi connectivity index (χ0) is 28.8. The molecule has 5 rings (SSSR count). The van der Waals surface area contributed by atoms with E-state index in [0.717, 1.165) is 0 Å². The maximum absolute atomic E-state index is 15.9. The first kappa shape index (κ1) is 28.5. The van der Waals surface area contributed by atoms with Crippen LogP contribution in [-0.4, -0.2) is 23.0 Å². The van der Waals surface area contributed by atoms with Crippen molar-refractivity contribution >= 4 is 45.9 Å². The van der Waals surface area contributed by atoms with Gasteiger partial charge in [-0.1, -0.05) is 69.1 Å². The van der Waals surface area contributed by atoms with Crippen molar-refractivity contribution in [2.24, 2.45) is 5.41 Å². The molecule has 210 valence electrons. The molecule has 40 heavy (non-hydrogen) atoms. The number of carbonyl (C=O) groups is 1. The lowest BCUT2D eigenvalue weighted by Crippen LogP contribution is -2.45. The van der Waals surface area contributed by atoms with Crippen LogP contribution in [0.4, 0.5) is 14.5 Å². The van der Waals surface area contributed by atoms with Crippen molar-refractivity contribution < 1.29 is 18.0 Å². The highest BCUT2D eigenvalue weighted by Gasteiger charge is 2.59. The summed E-state index contributed by atoms with van der Waals surface area (Å²) < 4.78 is 37.0. The second-order valence-corrected chi connectivity index (χ2v) is 12.5. The van der Waals surface area contributed by atoms with Crippen LogP contribution in [0.5, 0.6) is 0 Å². The van der Waals surface area contributed by atoms with Gasteiger partial charge in [0.1, 0.15) is 17.2 Å². The molecule has 1 aliphatic heterocycles. The van der Waals surface area contributed by atoms with Crippen LogP contribution in [0.25, 0.3) is 11.1 Å². The fourth-order valence-electron chi connectivity index (χ4n) is 6.31. The van der Waals surface area contributed by atoms with E-state index in [1.807, 2.05) is 6.92 Å². The summed E-state index contributed by atoms with van der Waals surface area (Å²) in [4.78, 5) is 18.2. The van der Waals surface area contributed by atoms with Gasteiger partial charge < -0.3 is 15.1 Å². The topological polar surface area (TPSA) is 67.2 Å². The summed E-state index contributed by atoms with van der Waals surface area (Å²) in [6, 6.07) is 13.2. The summed E-state index contributed by atoms with van der Waals surface area (Å²) in [5.41, 5.74) is 1.12. The Balaban J connectivity index is 1.69. The summed E-state index contributed by atoms with van der Waals surface area (Å²) in [5, 5.41) is 6.69. The smallest absolute Gasteiger partial charge is 0.242 e. The van der Waals surface area contributed by atoms with Gasteiger partial charge in [0, 0.05) is 28.1 Å². The predicted molar refractivity (Wildman–Crippen MR) is 155 cm³/mol. The van der Waals surface area contributed by atoms with E-state index in [0.29, 0.717) is 35.2 Å². The summed E-state index contributed by atoms with van der Waals surface area (Å²) in [6.45, 7) is 8.20. The number of hydrogen-bond donors (Lipinski definition) is 2. The molecule has 4 aromatic rings. The van der Waals surface area contributed by atoms with E-state index in [1.165, 1.54) is 18.5 Å². The normalized spacial score (nSPS) is 23.1. The van der Waals surface area contributed by atoms with E-state index in [2.05, 4.69) is 36.4 Å². The number of anilines is 1. The van der Waals surface area contributed by atoms with Crippen LogP contribution in [0.2, 0.25) is 10.0 Å². The second-order valence-electron chi connectivity index (χ2n) is 11.6. The Morgan fingerprint density at radius 3 is 2.60 bits per heavy atom. The Kier molecular flexibility index (Phi) is 7.68. The summed E-state index contributed by atoms with van der Waals surface area (Å²) in [5.74, 6) is -2.30. The lowest BCUT2D eigenvalue weighted by molar-refractivity contribution is -0.118. The number of carbonyl (C=O) groups excluding carboxylic acids is 1. The number of nitrogens with one attached hydrogen (secondary N) is 2. The van der Waals surface area contributed by atoms with E-state index in [1.54, 1.807) is 42.5 Å². The SMILES string of the molecule is CC[C@@]1(c2ccc(Cl)cc2F)C(c2cccc(Cl)c2F)[C@H](C(=O)Nc2ccc3ocnc3c2)N[C@H]1CC(C)(C)C. The fraction of sp³-hybridized carbons (Fsp3) is 0.355. The number of amides is 1. The Morgan fingerprint density at radius 1 is 1.12 bits per heavy atom. The molecule has 2 N–H and O–H groups in total. The lowest BCUT2D eigenvalue weighted by Gasteiger charge is -2.42. The van der Waals surface area contributed by atoms with Crippen LogP contribution >= 0.6 is 23.2 Å². The third kappa shape index (κ3) is 5.11. The minimum atomic E-state index is -1.01. The summed E-state index contributed by atoms with van der Waals surface area (Å²) in [6.07, 6.45) is 2.35. The highest BCUT2D eigenvalue weighted by molar-refractivity contribution is 6.31. The standard InChI is InChI=1S/C31H31Cl2F2N3O2/c1-5-31(20-11-9-17(32)13-22(20)34)25(15-30(2,3)4)38-28(26(31)19-7-6-8-21(33)27(19)35)29(39)37-18-10-12-24-23(14-18)36-16-40-24/h6-14,16,25-26,28,38H,5,15H2,1-4H3,(H,37,39)/t25-,26?,28+,31-/m0/s1. The first-order valence-corrected chi connectivity index (χ1v) is 14.0. The minimum absolute atomic E-state index is 0.0611. The molecular formula is C31H31Cl2F2N3O2. The van der Waals surface area contributed by atoms with Gasteiger partial charge >= 0.3 is 0 Å². The lowest BCUT2D eigenvalue weighted by atomic mass is 9.60. The Morgan fingerprint density at radius 2 is 1.90 bits per heavy atom. The van der Waals surface area contributed by atoms with Crippen molar-refractivity contribution in [2.45, 2.75) is 64.0 Å². The van der Waals surface area contributed by atoms with Crippen molar-refractivity contribution in [3.8, 4) is 0 Å². The van der Waals surface area contributed by atoms with Crippen molar-refractivity contribution in [2.75, 3.05) is 5.32 Å². The largest absolute Gasteiger partial charge is 0.443 e. The molecule has 0 saturated carbocycles. The molecular weight excluding hydrogens is 555 g/mol. The maximum Gasteiger partial charge on any atom is 0.242 e. The van der Waals surface area contributed by atoms with E-state index in [-0.39, 0.29) is 33.0 Å². The Hall–Kier alpha value is -3.00. The molecule has 5 nitrogen and oxygen atoms in total. The first-order valence-electron chi connectivity index (χ1n) is 13.2. The number of hydrogen-bond acceptors (Lipinski definition) is 4. The molecule has 1 aromatic heterocycles. The predicted octanol–water partition coefficient (Wildman–Crippen LogP) is 8.26. The minimum Gasteiger partial charge on any atom is -0.443 e. The molecule has 0 aliphatic carbocycles. The molecule has 1 saturated heterocycles. The van der Waals surface area contributed by atoms with Gasteiger partial charge in [-0.15, -0.1) is 0 Å². The zero-order valence-corrected chi connectivity index (χ0v) is 24.2. The number of aromatic nitrogens is 1. The number of fused-ring (bicyclic) bond motifs is 1. The molecule has 0 spiro atoms. The molecule has 2 heterocycles. The van der Waals surface area contributed by atoms with Crippen LogP contribution in [0, 0.1) is 17.0 Å². The van der Waals surface area contributed by atoms with Crippen LogP contribution in [-0.2, 0) is 10.2 Å². The van der Waals surface area contributed by atoms with Crippen LogP contribution in [0.1, 0.15) is 57.6 Å². The highest BCUT2D eigenvalue weighted by atomic mass is 35.5. The molecule has 1 fully saturated rings. The average molecular weight is 587 g/mol. The number of benzene rings is 3. The van der Waals surface area contributed by atoms with Gasteiger partial charge in [-0.3, -0.25) is 4.79 Å². The zero-order valence-electron chi connectivity index (χ0n) is 22.7. The molecule has 1 aliphatic rings.